The van der Waals surface area contributed by atoms with Crippen LogP contribution in [0.5, 0.6) is 5.75 Å². The Morgan fingerprint density at radius 1 is 1.30 bits per heavy atom. The summed E-state index contributed by atoms with van der Waals surface area (Å²) in [6.07, 6.45) is 2.76. The van der Waals surface area contributed by atoms with Crippen LogP contribution in [0.2, 0.25) is 0 Å². The summed E-state index contributed by atoms with van der Waals surface area (Å²) in [4.78, 5) is 11.1. The van der Waals surface area contributed by atoms with E-state index in [2.05, 4.69) is 18.9 Å². The first kappa shape index (κ1) is 16.9. The normalized spacial score (nSPS) is 12.2. The molecule has 2 rings (SSSR count). The van der Waals surface area contributed by atoms with Crippen LogP contribution < -0.4 is 10.5 Å². The standard InChI is InChI=1S/C17H23N3O3/c1-12(2)11-22-15-6-4-13(5-7-15)8-16(23-17(18)21)14-9-19-20(3)10-14/h4-7,9-10,12,16H,8,11H2,1-3H3,(H2,18,21). The minimum atomic E-state index is -0.796. The maximum atomic E-state index is 11.1. The average Bonchev–Trinajstić information content (AvgIpc) is 2.92. The lowest BCUT2D eigenvalue weighted by Gasteiger charge is -2.15. The van der Waals surface area contributed by atoms with Crippen molar-refractivity contribution in [3.8, 4) is 5.75 Å². The number of hydrogen-bond acceptors (Lipinski definition) is 4. The van der Waals surface area contributed by atoms with E-state index in [9.17, 15) is 4.79 Å². The van der Waals surface area contributed by atoms with Crippen LogP contribution >= 0.6 is 0 Å². The predicted molar refractivity (Wildman–Crippen MR) is 87.1 cm³/mol. The molecule has 6 nitrogen and oxygen atoms in total. The predicted octanol–water partition coefficient (Wildman–Crippen LogP) is 2.83. The second-order valence-corrected chi connectivity index (χ2v) is 5.93. The van der Waals surface area contributed by atoms with Gasteiger partial charge in [0.1, 0.15) is 11.9 Å². The van der Waals surface area contributed by atoms with E-state index in [-0.39, 0.29) is 0 Å². The van der Waals surface area contributed by atoms with Crippen molar-refractivity contribution in [1.82, 2.24) is 9.78 Å². The monoisotopic (exact) mass is 317 g/mol. The Bertz CT molecular complexity index is 635. The molecule has 1 amide bonds. The number of rotatable bonds is 7. The SMILES string of the molecule is CC(C)COc1ccc(CC(OC(N)=O)c2cnn(C)c2)cc1. The number of aryl methyl sites for hydroxylation is 1. The Balaban J connectivity index is 2.05. The van der Waals surface area contributed by atoms with Crippen LogP contribution in [0, 0.1) is 5.92 Å². The van der Waals surface area contributed by atoms with Crippen LogP contribution in [0.1, 0.15) is 31.1 Å². The van der Waals surface area contributed by atoms with Crippen LogP contribution in [0.15, 0.2) is 36.7 Å². The molecule has 0 fully saturated rings. The average molecular weight is 317 g/mol. The van der Waals surface area contributed by atoms with Crippen molar-refractivity contribution in [2.24, 2.45) is 18.7 Å². The number of benzene rings is 1. The minimum absolute atomic E-state index is 0.455. The van der Waals surface area contributed by atoms with Crippen molar-refractivity contribution in [1.29, 1.82) is 0 Å². The molecule has 0 saturated carbocycles. The van der Waals surface area contributed by atoms with Gasteiger partial charge in [-0.25, -0.2) is 4.79 Å². The van der Waals surface area contributed by atoms with E-state index >= 15 is 0 Å². The van der Waals surface area contributed by atoms with Gasteiger partial charge in [-0.05, 0) is 23.6 Å². The molecule has 1 heterocycles. The molecular formula is C17H23N3O3. The van der Waals surface area contributed by atoms with Crippen LogP contribution in [0.3, 0.4) is 0 Å². The highest BCUT2D eigenvalue weighted by Crippen LogP contribution is 2.23. The topological polar surface area (TPSA) is 79.4 Å². The van der Waals surface area contributed by atoms with Crippen molar-refractivity contribution in [3.63, 3.8) is 0 Å². The van der Waals surface area contributed by atoms with Crippen LogP contribution in [-0.2, 0) is 18.2 Å². The van der Waals surface area contributed by atoms with Gasteiger partial charge in [-0.3, -0.25) is 4.68 Å². The molecule has 23 heavy (non-hydrogen) atoms. The lowest BCUT2D eigenvalue weighted by atomic mass is 10.0. The summed E-state index contributed by atoms with van der Waals surface area (Å²) in [5.41, 5.74) is 7.01. The molecular weight excluding hydrogens is 294 g/mol. The maximum absolute atomic E-state index is 11.1. The van der Waals surface area contributed by atoms with Gasteiger partial charge in [0, 0.05) is 25.2 Å². The molecule has 0 saturated heterocycles. The summed E-state index contributed by atoms with van der Waals surface area (Å²) in [5, 5.41) is 4.11. The highest BCUT2D eigenvalue weighted by atomic mass is 16.6. The lowest BCUT2D eigenvalue weighted by Crippen LogP contribution is -2.18. The van der Waals surface area contributed by atoms with E-state index in [1.54, 1.807) is 10.9 Å². The molecule has 1 aromatic carbocycles. The van der Waals surface area contributed by atoms with Crippen molar-refractivity contribution >= 4 is 6.09 Å². The number of nitrogens with two attached hydrogens (primary N) is 1. The number of carbonyl (C=O) groups is 1. The third kappa shape index (κ3) is 5.32. The van der Waals surface area contributed by atoms with Crippen molar-refractivity contribution in [2.75, 3.05) is 6.61 Å². The summed E-state index contributed by atoms with van der Waals surface area (Å²) in [7, 11) is 1.81. The summed E-state index contributed by atoms with van der Waals surface area (Å²) in [6.45, 7) is 4.89. The Morgan fingerprint density at radius 3 is 2.52 bits per heavy atom. The molecule has 1 aromatic heterocycles. The quantitative estimate of drug-likeness (QED) is 0.851. The van der Waals surface area contributed by atoms with Crippen LogP contribution in [-0.4, -0.2) is 22.5 Å². The molecule has 2 aromatic rings. The molecule has 0 aliphatic heterocycles. The molecule has 0 radical (unpaired) electrons. The number of aromatic nitrogens is 2. The van der Waals surface area contributed by atoms with Gasteiger partial charge < -0.3 is 15.2 Å². The van der Waals surface area contributed by atoms with Crippen molar-refractivity contribution in [3.05, 3.63) is 47.8 Å². The highest BCUT2D eigenvalue weighted by Gasteiger charge is 2.17. The lowest BCUT2D eigenvalue weighted by molar-refractivity contribution is 0.106. The molecule has 0 aliphatic carbocycles. The molecule has 2 N–H and O–H groups in total. The van der Waals surface area contributed by atoms with Crippen LogP contribution in [0.4, 0.5) is 4.79 Å². The van der Waals surface area contributed by atoms with E-state index < -0.39 is 12.2 Å². The number of amides is 1. The Hall–Kier alpha value is -2.50. The number of ether oxygens (including phenoxy) is 2. The molecule has 124 valence electrons. The fourth-order valence-electron chi connectivity index (χ4n) is 2.17. The van der Waals surface area contributed by atoms with Gasteiger partial charge in [-0.2, -0.15) is 5.10 Å². The third-order valence-corrected chi connectivity index (χ3v) is 3.28. The van der Waals surface area contributed by atoms with Gasteiger partial charge in [0.2, 0.25) is 0 Å². The fraction of sp³-hybridized carbons (Fsp3) is 0.412. The first-order chi connectivity index (χ1) is 10.9. The van der Waals surface area contributed by atoms with E-state index in [1.165, 1.54) is 0 Å². The largest absolute Gasteiger partial charge is 0.493 e. The van der Waals surface area contributed by atoms with Gasteiger partial charge in [-0.1, -0.05) is 26.0 Å². The Morgan fingerprint density at radius 2 is 2.00 bits per heavy atom. The van der Waals surface area contributed by atoms with E-state index in [4.69, 9.17) is 15.2 Å². The van der Waals surface area contributed by atoms with Gasteiger partial charge in [0.25, 0.3) is 0 Å². The first-order valence-electron chi connectivity index (χ1n) is 7.60. The Kier molecular flexibility index (Phi) is 5.62. The summed E-state index contributed by atoms with van der Waals surface area (Å²) >= 11 is 0. The molecule has 1 atom stereocenters. The maximum Gasteiger partial charge on any atom is 0.405 e. The van der Waals surface area contributed by atoms with E-state index in [0.29, 0.717) is 18.9 Å². The van der Waals surface area contributed by atoms with Gasteiger partial charge in [-0.15, -0.1) is 0 Å². The third-order valence-electron chi connectivity index (χ3n) is 3.28. The van der Waals surface area contributed by atoms with Gasteiger partial charge in [0.05, 0.1) is 12.8 Å². The number of hydrogen-bond donors (Lipinski definition) is 1. The zero-order chi connectivity index (χ0) is 16.8. The second-order valence-electron chi connectivity index (χ2n) is 5.93. The van der Waals surface area contributed by atoms with E-state index in [1.807, 2.05) is 37.5 Å². The molecule has 1 unspecified atom stereocenters. The van der Waals surface area contributed by atoms with Crippen molar-refractivity contribution < 1.29 is 14.3 Å². The first-order valence-corrected chi connectivity index (χ1v) is 7.60. The molecule has 6 heteroatoms. The summed E-state index contributed by atoms with van der Waals surface area (Å²) < 4.78 is 12.5. The van der Waals surface area contributed by atoms with Crippen LogP contribution in [0.25, 0.3) is 0 Å². The molecule has 0 aliphatic rings. The van der Waals surface area contributed by atoms with Crippen molar-refractivity contribution in [2.45, 2.75) is 26.4 Å². The Labute approximate surface area is 136 Å². The minimum Gasteiger partial charge on any atom is -0.493 e. The fourth-order valence-corrected chi connectivity index (χ4v) is 2.17. The molecule has 0 bridgehead atoms. The second kappa shape index (κ2) is 7.67. The highest BCUT2D eigenvalue weighted by molar-refractivity contribution is 5.65. The van der Waals surface area contributed by atoms with Gasteiger partial charge in [0.15, 0.2) is 0 Å². The van der Waals surface area contributed by atoms with Gasteiger partial charge >= 0.3 is 6.09 Å². The summed E-state index contributed by atoms with van der Waals surface area (Å²) in [6, 6.07) is 7.76. The number of nitrogens with zero attached hydrogens (tertiary/aromatic N) is 2. The zero-order valence-corrected chi connectivity index (χ0v) is 13.7. The summed E-state index contributed by atoms with van der Waals surface area (Å²) in [5.74, 6) is 1.31. The smallest absolute Gasteiger partial charge is 0.405 e. The number of primary amides is 1. The molecule has 0 spiro atoms. The van der Waals surface area contributed by atoms with E-state index in [0.717, 1.165) is 16.9 Å². The zero-order valence-electron chi connectivity index (χ0n) is 13.7. The number of carbonyl (C=O) groups excluding carboxylic acids is 1.